The number of nitrogens with zero attached hydrogens (tertiary/aromatic N) is 1. The summed E-state index contributed by atoms with van der Waals surface area (Å²) in [6.45, 7) is 2.41. The molecule has 0 fully saturated rings. The van der Waals surface area contributed by atoms with Crippen LogP contribution in [0.25, 0.3) is 0 Å². The fourth-order valence-corrected chi connectivity index (χ4v) is 4.11. The number of esters is 1. The first-order valence-corrected chi connectivity index (χ1v) is 12.9. The number of hydrogen-bond acceptors (Lipinski definition) is 4. The fourth-order valence-electron chi connectivity index (χ4n) is 4.11. The molecule has 2 amide bonds. The number of unbranched alkanes of at least 4 members (excludes halogenated alkanes) is 11. The van der Waals surface area contributed by atoms with Gasteiger partial charge in [-0.05, 0) is 44.2 Å². The van der Waals surface area contributed by atoms with Crippen LogP contribution in [-0.2, 0) is 9.53 Å². The Morgan fingerprint density at radius 3 is 1.88 bits per heavy atom. The van der Waals surface area contributed by atoms with Crippen LogP contribution >= 0.6 is 0 Å². The number of allylic oxidation sites excluding steroid dienone is 2. The lowest BCUT2D eigenvalue weighted by Crippen LogP contribution is -2.33. The van der Waals surface area contributed by atoms with Crippen molar-refractivity contribution >= 4 is 17.8 Å². The molecule has 1 aromatic carbocycles. The lowest BCUT2D eigenvalue weighted by Gasteiger charge is -2.13. The minimum absolute atomic E-state index is 0.0510. The number of benzene rings is 1. The van der Waals surface area contributed by atoms with Gasteiger partial charge in [0.05, 0.1) is 17.7 Å². The van der Waals surface area contributed by atoms with Crippen LogP contribution in [0.4, 0.5) is 0 Å². The third kappa shape index (κ3) is 9.93. The normalized spacial score (nSPS) is 13.2. The van der Waals surface area contributed by atoms with E-state index in [1.165, 1.54) is 57.8 Å². The number of ether oxygens (including phenoxy) is 1. The molecular formula is C28H41NO4. The molecule has 0 N–H and O–H groups in total. The minimum Gasteiger partial charge on any atom is -0.464 e. The number of imide groups is 1. The molecular weight excluding hydrogens is 414 g/mol. The molecule has 2 rings (SSSR count). The largest absolute Gasteiger partial charge is 0.464 e. The van der Waals surface area contributed by atoms with Crippen molar-refractivity contribution in [3.8, 4) is 0 Å². The second-order valence-electron chi connectivity index (χ2n) is 8.86. The Kier molecular flexibility index (Phi) is 13.2. The number of carbonyl (C=O) groups is 3. The van der Waals surface area contributed by atoms with Gasteiger partial charge >= 0.3 is 5.97 Å². The van der Waals surface area contributed by atoms with Crippen LogP contribution in [0, 0.1) is 0 Å². The van der Waals surface area contributed by atoms with Gasteiger partial charge in [0.2, 0.25) is 0 Å². The van der Waals surface area contributed by atoms with E-state index in [9.17, 15) is 14.4 Å². The van der Waals surface area contributed by atoms with Crippen molar-refractivity contribution in [1.29, 1.82) is 0 Å². The molecule has 5 heteroatoms. The first-order valence-electron chi connectivity index (χ1n) is 12.9. The average Bonchev–Trinajstić information content (AvgIpc) is 3.06. The summed E-state index contributed by atoms with van der Waals surface area (Å²) < 4.78 is 5.22. The van der Waals surface area contributed by atoms with Gasteiger partial charge in [0.25, 0.3) is 11.8 Å². The first-order chi connectivity index (χ1) is 16.1. The van der Waals surface area contributed by atoms with Gasteiger partial charge < -0.3 is 4.74 Å². The maximum Gasteiger partial charge on any atom is 0.305 e. The van der Waals surface area contributed by atoms with Crippen LogP contribution in [-0.4, -0.2) is 35.8 Å². The summed E-state index contributed by atoms with van der Waals surface area (Å²) in [4.78, 5) is 37.6. The third-order valence-corrected chi connectivity index (χ3v) is 6.10. The molecule has 0 aliphatic carbocycles. The van der Waals surface area contributed by atoms with Gasteiger partial charge in [-0.1, -0.05) is 82.6 Å². The number of fused-ring (bicyclic) bond motifs is 1. The zero-order valence-electron chi connectivity index (χ0n) is 20.4. The Bertz CT molecular complexity index is 736. The van der Waals surface area contributed by atoms with Crippen molar-refractivity contribution < 1.29 is 19.1 Å². The summed E-state index contributed by atoms with van der Waals surface area (Å²) in [5, 5.41) is 0. The van der Waals surface area contributed by atoms with Crippen molar-refractivity contribution in [3.05, 3.63) is 47.5 Å². The second kappa shape index (κ2) is 16.2. The van der Waals surface area contributed by atoms with Gasteiger partial charge in [-0.15, -0.1) is 0 Å². The maximum atomic E-state index is 12.3. The van der Waals surface area contributed by atoms with Crippen LogP contribution in [0.5, 0.6) is 0 Å². The van der Waals surface area contributed by atoms with Crippen LogP contribution in [0.2, 0.25) is 0 Å². The van der Waals surface area contributed by atoms with Crippen molar-refractivity contribution in [2.75, 3.05) is 13.2 Å². The molecule has 0 saturated heterocycles. The van der Waals surface area contributed by atoms with Gasteiger partial charge in [-0.2, -0.15) is 0 Å². The molecule has 5 nitrogen and oxygen atoms in total. The molecule has 1 aliphatic rings. The number of amides is 2. The highest BCUT2D eigenvalue weighted by molar-refractivity contribution is 6.21. The molecule has 0 radical (unpaired) electrons. The summed E-state index contributed by atoms with van der Waals surface area (Å²) in [5.74, 6) is -0.892. The lowest BCUT2D eigenvalue weighted by atomic mass is 10.1. The molecule has 1 aromatic rings. The van der Waals surface area contributed by atoms with Crippen molar-refractivity contribution in [1.82, 2.24) is 4.90 Å². The molecule has 0 aromatic heterocycles. The van der Waals surface area contributed by atoms with Gasteiger partial charge in [-0.3, -0.25) is 19.3 Å². The topological polar surface area (TPSA) is 63.7 Å². The number of hydrogen-bond donors (Lipinski definition) is 0. The number of rotatable bonds is 18. The van der Waals surface area contributed by atoms with E-state index >= 15 is 0 Å². The SMILES string of the molecule is CCCCCCCCC=CCCCCCCCC(=O)OCCN1C(=O)c2ccccc2C1=O. The van der Waals surface area contributed by atoms with E-state index < -0.39 is 0 Å². The van der Waals surface area contributed by atoms with Gasteiger partial charge in [-0.25, -0.2) is 0 Å². The van der Waals surface area contributed by atoms with Crippen molar-refractivity contribution in [2.45, 2.75) is 96.8 Å². The Morgan fingerprint density at radius 2 is 1.30 bits per heavy atom. The van der Waals surface area contributed by atoms with Crippen LogP contribution in [0.1, 0.15) is 118 Å². The first kappa shape index (κ1) is 26.8. The Hall–Kier alpha value is -2.43. The summed E-state index contributed by atoms with van der Waals surface area (Å²) >= 11 is 0. The van der Waals surface area contributed by atoms with E-state index in [-0.39, 0.29) is 30.9 Å². The van der Waals surface area contributed by atoms with E-state index in [1.54, 1.807) is 24.3 Å². The van der Waals surface area contributed by atoms with E-state index in [2.05, 4.69) is 19.1 Å². The Labute approximate surface area is 199 Å². The highest BCUT2D eigenvalue weighted by Gasteiger charge is 2.34. The second-order valence-corrected chi connectivity index (χ2v) is 8.86. The zero-order chi connectivity index (χ0) is 23.7. The Morgan fingerprint density at radius 1 is 0.788 bits per heavy atom. The highest BCUT2D eigenvalue weighted by atomic mass is 16.5. The number of carbonyl (C=O) groups excluding carboxylic acids is 3. The molecule has 1 heterocycles. The summed E-state index contributed by atoms with van der Waals surface area (Å²) in [7, 11) is 0. The summed E-state index contributed by atoms with van der Waals surface area (Å²) in [5.41, 5.74) is 0.837. The summed E-state index contributed by atoms with van der Waals surface area (Å²) in [6, 6.07) is 6.77. The molecule has 0 bridgehead atoms. The maximum absolute atomic E-state index is 12.3. The van der Waals surface area contributed by atoms with Crippen LogP contribution in [0.3, 0.4) is 0 Å². The van der Waals surface area contributed by atoms with Crippen molar-refractivity contribution in [3.63, 3.8) is 0 Å². The van der Waals surface area contributed by atoms with E-state index in [0.717, 1.165) is 30.6 Å². The minimum atomic E-state index is -0.316. The average molecular weight is 456 g/mol. The summed E-state index contributed by atoms with van der Waals surface area (Å²) in [6.07, 6.45) is 20.9. The smallest absolute Gasteiger partial charge is 0.305 e. The van der Waals surface area contributed by atoms with Gasteiger partial charge in [0.15, 0.2) is 0 Å². The van der Waals surface area contributed by atoms with Crippen LogP contribution in [0.15, 0.2) is 36.4 Å². The van der Waals surface area contributed by atoms with E-state index in [1.807, 2.05) is 0 Å². The van der Waals surface area contributed by atoms with Crippen LogP contribution < -0.4 is 0 Å². The quantitative estimate of drug-likeness (QED) is 0.105. The fraction of sp³-hybridized carbons (Fsp3) is 0.607. The molecule has 0 saturated carbocycles. The molecule has 0 unspecified atom stereocenters. The molecule has 0 atom stereocenters. The predicted molar refractivity (Wildman–Crippen MR) is 132 cm³/mol. The van der Waals surface area contributed by atoms with E-state index in [4.69, 9.17) is 4.74 Å². The third-order valence-electron chi connectivity index (χ3n) is 6.10. The van der Waals surface area contributed by atoms with Crippen molar-refractivity contribution in [2.24, 2.45) is 0 Å². The molecule has 33 heavy (non-hydrogen) atoms. The lowest BCUT2D eigenvalue weighted by molar-refractivity contribution is -0.144. The highest BCUT2D eigenvalue weighted by Crippen LogP contribution is 2.22. The van der Waals surface area contributed by atoms with Gasteiger partial charge in [0.1, 0.15) is 6.61 Å². The standard InChI is InChI=1S/C28H41NO4/c1-2-3-4-5-6-7-8-9-10-11-12-13-14-15-16-21-26(30)33-23-22-29-27(31)24-19-17-18-20-25(24)28(29)32/h9-10,17-20H,2-8,11-16,21-23H2,1H3. The van der Waals surface area contributed by atoms with Gasteiger partial charge in [0, 0.05) is 6.42 Å². The zero-order valence-corrected chi connectivity index (χ0v) is 20.4. The molecule has 182 valence electrons. The Balaban J connectivity index is 1.40. The van der Waals surface area contributed by atoms with E-state index in [0.29, 0.717) is 17.5 Å². The molecule has 1 aliphatic heterocycles. The molecule has 0 spiro atoms. The predicted octanol–water partition coefficient (Wildman–Crippen LogP) is 6.86. The monoisotopic (exact) mass is 455 g/mol.